The highest BCUT2D eigenvalue weighted by Gasteiger charge is 2.16. The van der Waals surface area contributed by atoms with Crippen LogP contribution >= 0.6 is 11.8 Å². The van der Waals surface area contributed by atoms with Gasteiger partial charge in [-0.05, 0) is 49.7 Å². The first kappa shape index (κ1) is 20.4. The average Bonchev–Trinajstić information content (AvgIpc) is 2.77. The van der Waals surface area contributed by atoms with Crippen molar-refractivity contribution in [1.29, 1.82) is 0 Å². The van der Waals surface area contributed by atoms with Crippen LogP contribution in [0.1, 0.15) is 21.5 Å². The van der Waals surface area contributed by atoms with Crippen LogP contribution in [0.15, 0.2) is 64.8 Å². The predicted octanol–water partition coefficient (Wildman–Crippen LogP) is 4.33. The normalized spacial score (nSPS) is 13.9. The Kier molecular flexibility index (Phi) is 6.30. The van der Waals surface area contributed by atoms with Gasteiger partial charge in [0.25, 0.3) is 5.91 Å². The molecule has 0 atom stereocenters. The molecule has 1 aromatic carbocycles. The summed E-state index contributed by atoms with van der Waals surface area (Å²) in [5, 5.41) is 3.62. The number of benzene rings is 1. The second kappa shape index (κ2) is 9.28. The number of ether oxygens (including phenoxy) is 1. The molecular formula is C23H24N4O2S. The van der Waals surface area contributed by atoms with E-state index in [4.69, 9.17) is 4.74 Å². The maximum Gasteiger partial charge on any atom is 0.258 e. The number of aryl methyl sites for hydroxylation is 2. The van der Waals surface area contributed by atoms with Crippen LogP contribution in [0, 0.1) is 13.8 Å². The van der Waals surface area contributed by atoms with Gasteiger partial charge in [-0.25, -0.2) is 9.97 Å². The summed E-state index contributed by atoms with van der Waals surface area (Å²) in [4.78, 5) is 25.1. The van der Waals surface area contributed by atoms with Crippen LogP contribution in [-0.4, -0.2) is 42.2 Å². The number of nitrogens with zero attached hydrogens (tertiary/aromatic N) is 3. The van der Waals surface area contributed by atoms with Gasteiger partial charge in [-0.2, -0.15) is 0 Å². The zero-order valence-electron chi connectivity index (χ0n) is 17.1. The zero-order chi connectivity index (χ0) is 20.9. The van der Waals surface area contributed by atoms with Crippen molar-refractivity contribution >= 4 is 29.2 Å². The van der Waals surface area contributed by atoms with Crippen LogP contribution in [0.2, 0.25) is 0 Å². The molecule has 1 N–H and O–H groups in total. The van der Waals surface area contributed by atoms with E-state index in [-0.39, 0.29) is 5.91 Å². The van der Waals surface area contributed by atoms with Gasteiger partial charge in [-0.1, -0.05) is 29.5 Å². The summed E-state index contributed by atoms with van der Waals surface area (Å²) in [7, 11) is 0. The maximum atomic E-state index is 12.9. The molecule has 7 heteroatoms. The number of morpholine rings is 1. The van der Waals surface area contributed by atoms with Crippen molar-refractivity contribution in [3.8, 4) is 0 Å². The first-order valence-electron chi connectivity index (χ1n) is 9.90. The Morgan fingerprint density at radius 2 is 1.93 bits per heavy atom. The number of pyridine rings is 2. The Hall–Kier alpha value is -2.90. The third kappa shape index (κ3) is 4.80. The molecule has 4 rings (SSSR count). The third-order valence-electron chi connectivity index (χ3n) is 4.89. The Morgan fingerprint density at radius 1 is 1.10 bits per heavy atom. The lowest BCUT2D eigenvalue weighted by atomic mass is 10.2. The summed E-state index contributed by atoms with van der Waals surface area (Å²) in [5.41, 5.74) is 3.58. The molecule has 3 heterocycles. The van der Waals surface area contributed by atoms with Gasteiger partial charge < -0.3 is 15.0 Å². The number of hydrogen-bond acceptors (Lipinski definition) is 6. The third-order valence-corrected chi connectivity index (χ3v) is 6.09. The average molecular weight is 421 g/mol. The standard InChI is InChI=1S/C23H24N4O2S/c1-16-5-7-20(17(2)14-16)30-23-19(4-3-9-24-23)22(28)26-18-6-8-21(25-15-18)27-10-12-29-13-11-27/h3-9,14-15H,10-13H2,1-2H3,(H,26,28). The SMILES string of the molecule is Cc1ccc(Sc2ncccc2C(=O)Nc2ccc(N3CCOCC3)nc2)c(C)c1. The monoisotopic (exact) mass is 420 g/mol. The highest BCUT2D eigenvalue weighted by atomic mass is 32.2. The van der Waals surface area contributed by atoms with E-state index in [0.29, 0.717) is 29.5 Å². The van der Waals surface area contributed by atoms with Gasteiger partial charge >= 0.3 is 0 Å². The predicted molar refractivity (Wildman–Crippen MR) is 119 cm³/mol. The van der Waals surface area contributed by atoms with Crippen LogP contribution in [0.5, 0.6) is 0 Å². The quantitative estimate of drug-likeness (QED) is 0.663. The molecule has 154 valence electrons. The van der Waals surface area contributed by atoms with Gasteiger partial charge in [0.2, 0.25) is 0 Å². The summed E-state index contributed by atoms with van der Waals surface area (Å²) >= 11 is 1.50. The number of hydrogen-bond donors (Lipinski definition) is 1. The van der Waals surface area contributed by atoms with E-state index in [2.05, 4.69) is 52.2 Å². The largest absolute Gasteiger partial charge is 0.378 e. The van der Waals surface area contributed by atoms with Crippen molar-refractivity contribution in [3.05, 3.63) is 71.5 Å². The van der Waals surface area contributed by atoms with Crippen LogP contribution < -0.4 is 10.2 Å². The highest BCUT2D eigenvalue weighted by Crippen LogP contribution is 2.32. The lowest BCUT2D eigenvalue weighted by Crippen LogP contribution is -2.36. The van der Waals surface area contributed by atoms with E-state index in [1.807, 2.05) is 12.1 Å². The zero-order valence-corrected chi connectivity index (χ0v) is 17.9. The van der Waals surface area contributed by atoms with Crippen molar-refractivity contribution in [2.45, 2.75) is 23.8 Å². The summed E-state index contributed by atoms with van der Waals surface area (Å²) in [5.74, 6) is 0.694. The molecule has 0 aliphatic carbocycles. The van der Waals surface area contributed by atoms with Crippen molar-refractivity contribution in [3.63, 3.8) is 0 Å². The van der Waals surface area contributed by atoms with Crippen molar-refractivity contribution in [1.82, 2.24) is 9.97 Å². The van der Waals surface area contributed by atoms with E-state index in [1.165, 1.54) is 22.9 Å². The molecule has 30 heavy (non-hydrogen) atoms. The Labute approximate surface area is 180 Å². The fourth-order valence-corrected chi connectivity index (χ4v) is 4.25. The molecule has 1 amide bonds. The molecule has 1 saturated heterocycles. The topological polar surface area (TPSA) is 67.4 Å². The van der Waals surface area contributed by atoms with Gasteiger partial charge in [0, 0.05) is 24.2 Å². The van der Waals surface area contributed by atoms with E-state index >= 15 is 0 Å². The number of nitrogens with one attached hydrogen (secondary N) is 1. The lowest BCUT2D eigenvalue weighted by Gasteiger charge is -2.27. The molecule has 1 aliphatic rings. The number of anilines is 2. The van der Waals surface area contributed by atoms with Gasteiger partial charge in [-0.15, -0.1) is 0 Å². The molecule has 0 saturated carbocycles. The molecule has 2 aromatic heterocycles. The fourth-order valence-electron chi connectivity index (χ4n) is 3.30. The number of amides is 1. The number of aromatic nitrogens is 2. The van der Waals surface area contributed by atoms with Gasteiger partial charge in [0.15, 0.2) is 0 Å². The van der Waals surface area contributed by atoms with Crippen molar-refractivity contribution < 1.29 is 9.53 Å². The van der Waals surface area contributed by atoms with Crippen LogP contribution in [0.3, 0.4) is 0 Å². The van der Waals surface area contributed by atoms with Crippen molar-refractivity contribution in [2.75, 3.05) is 36.5 Å². The Bertz CT molecular complexity index is 1030. The van der Waals surface area contributed by atoms with Gasteiger partial charge in [0.1, 0.15) is 10.8 Å². The number of carbonyl (C=O) groups excluding carboxylic acids is 1. The van der Waals surface area contributed by atoms with Crippen molar-refractivity contribution in [2.24, 2.45) is 0 Å². The molecule has 6 nitrogen and oxygen atoms in total. The van der Waals surface area contributed by atoms with Crippen LogP contribution in [0.25, 0.3) is 0 Å². The van der Waals surface area contributed by atoms with Gasteiger partial charge in [0.05, 0.1) is 30.7 Å². The first-order valence-corrected chi connectivity index (χ1v) is 10.7. The van der Waals surface area contributed by atoms with Gasteiger partial charge in [-0.3, -0.25) is 4.79 Å². The summed E-state index contributed by atoms with van der Waals surface area (Å²) in [6, 6.07) is 13.6. The lowest BCUT2D eigenvalue weighted by molar-refractivity contribution is 0.102. The molecular weight excluding hydrogens is 396 g/mol. The second-order valence-corrected chi connectivity index (χ2v) is 8.22. The molecule has 0 unspecified atom stereocenters. The highest BCUT2D eigenvalue weighted by molar-refractivity contribution is 7.99. The van der Waals surface area contributed by atoms with E-state index in [1.54, 1.807) is 24.5 Å². The second-order valence-electron chi connectivity index (χ2n) is 7.19. The minimum absolute atomic E-state index is 0.198. The summed E-state index contributed by atoms with van der Waals surface area (Å²) in [6.45, 7) is 7.21. The smallest absolute Gasteiger partial charge is 0.258 e. The molecule has 0 spiro atoms. The molecule has 1 aliphatic heterocycles. The molecule has 0 bridgehead atoms. The molecule has 3 aromatic rings. The summed E-state index contributed by atoms with van der Waals surface area (Å²) < 4.78 is 5.38. The van der Waals surface area contributed by atoms with Crippen LogP contribution in [0.4, 0.5) is 11.5 Å². The minimum atomic E-state index is -0.198. The van der Waals surface area contributed by atoms with E-state index in [9.17, 15) is 4.79 Å². The Balaban J connectivity index is 1.48. The maximum absolute atomic E-state index is 12.9. The molecule has 1 fully saturated rings. The minimum Gasteiger partial charge on any atom is -0.378 e. The van der Waals surface area contributed by atoms with E-state index < -0.39 is 0 Å². The van der Waals surface area contributed by atoms with E-state index in [0.717, 1.165) is 23.8 Å². The number of carbonyl (C=O) groups is 1. The summed E-state index contributed by atoms with van der Waals surface area (Å²) in [6.07, 6.45) is 3.40. The first-order chi connectivity index (χ1) is 14.6. The Morgan fingerprint density at radius 3 is 2.67 bits per heavy atom. The molecule has 0 radical (unpaired) electrons. The van der Waals surface area contributed by atoms with Crippen LogP contribution in [-0.2, 0) is 4.74 Å². The number of rotatable bonds is 5. The fraction of sp³-hybridized carbons (Fsp3) is 0.261.